The molecule has 0 saturated heterocycles. The number of rotatable bonds is 3. The van der Waals surface area contributed by atoms with Gasteiger partial charge >= 0.3 is 0 Å². The fraction of sp³-hybridized carbons (Fsp3) is 0.200. The topological polar surface area (TPSA) is 12.0 Å². The van der Waals surface area contributed by atoms with E-state index in [1.165, 1.54) is 19.1 Å². The van der Waals surface area contributed by atoms with Crippen LogP contribution < -0.4 is 5.32 Å². The van der Waals surface area contributed by atoms with Gasteiger partial charge in [0.1, 0.15) is 11.6 Å². The molecule has 1 atom stereocenters. The van der Waals surface area contributed by atoms with Gasteiger partial charge in [-0.1, -0.05) is 23.7 Å². The summed E-state index contributed by atoms with van der Waals surface area (Å²) in [5, 5.41) is 3.46. The van der Waals surface area contributed by atoms with Crippen LogP contribution in [0.4, 0.5) is 8.78 Å². The molecule has 0 radical (unpaired) electrons. The molecule has 0 aliphatic carbocycles. The molecule has 0 fully saturated rings. The van der Waals surface area contributed by atoms with E-state index < -0.39 is 17.7 Å². The second-order valence-corrected chi connectivity index (χ2v) is 5.72. The first-order valence-corrected chi connectivity index (χ1v) is 7.19. The highest BCUT2D eigenvalue weighted by Gasteiger charge is 2.21. The SMILES string of the molecule is CNC(c1cc(F)c(C)cc1F)c1cccc(Br)c1Cl. The summed E-state index contributed by atoms with van der Waals surface area (Å²) < 4.78 is 28.6. The second kappa shape index (κ2) is 6.20. The molecule has 0 bridgehead atoms. The van der Waals surface area contributed by atoms with Gasteiger partial charge in [0, 0.05) is 10.0 Å². The highest BCUT2D eigenvalue weighted by molar-refractivity contribution is 9.10. The summed E-state index contributed by atoms with van der Waals surface area (Å²) in [7, 11) is 1.68. The maximum atomic E-state index is 14.1. The molecule has 0 aromatic heterocycles. The van der Waals surface area contributed by atoms with Crippen LogP contribution >= 0.6 is 27.5 Å². The second-order valence-electron chi connectivity index (χ2n) is 4.49. The lowest BCUT2D eigenvalue weighted by Gasteiger charge is -2.20. The summed E-state index contributed by atoms with van der Waals surface area (Å²) in [5.74, 6) is -0.896. The maximum absolute atomic E-state index is 14.1. The van der Waals surface area contributed by atoms with E-state index in [0.29, 0.717) is 15.1 Å². The van der Waals surface area contributed by atoms with Crippen LogP contribution in [0, 0.1) is 18.6 Å². The summed E-state index contributed by atoms with van der Waals surface area (Å²) in [6.45, 7) is 1.53. The Hall–Kier alpha value is -0.970. The third kappa shape index (κ3) is 2.87. The quantitative estimate of drug-likeness (QED) is 0.812. The van der Waals surface area contributed by atoms with Gasteiger partial charge in [0.05, 0.1) is 11.1 Å². The van der Waals surface area contributed by atoms with Gasteiger partial charge in [0.2, 0.25) is 0 Å². The Morgan fingerprint density at radius 2 is 1.85 bits per heavy atom. The Balaban J connectivity index is 2.58. The van der Waals surface area contributed by atoms with Crippen LogP contribution in [0.1, 0.15) is 22.7 Å². The number of nitrogens with one attached hydrogen (secondary N) is 1. The number of halogens is 4. The van der Waals surface area contributed by atoms with Gasteiger partial charge in [-0.05, 0) is 59.2 Å². The third-order valence-corrected chi connectivity index (χ3v) is 4.48. The van der Waals surface area contributed by atoms with Crippen molar-refractivity contribution in [3.63, 3.8) is 0 Å². The van der Waals surface area contributed by atoms with Gasteiger partial charge in [0.15, 0.2) is 0 Å². The van der Waals surface area contributed by atoms with Crippen LogP contribution in [0.15, 0.2) is 34.8 Å². The molecular weight excluding hydrogens is 348 g/mol. The average Bonchev–Trinajstić information content (AvgIpc) is 2.41. The normalized spacial score (nSPS) is 12.5. The summed E-state index contributed by atoms with van der Waals surface area (Å²) in [4.78, 5) is 0. The van der Waals surface area contributed by atoms with Gasteiger partial charge < -0.3 is 5.32 Å². The van der Waals surface area contributed by atoms with Crippen LogP contribution in [0.5, 0.6) is 0 Å². The monoisotopic (exact) mass is 359 g/mol. The van der Waals surface area contributed by atoms with Crippen LogP contribution in [0.25, 0.3) is 0 Å². The molecule has 5 heteroatoms. The minimum absolute atomic E-state index is 0.232. The van der Waals surface area contributed by atoms with Crippen molar-refractivity contribution in [2.45, 2.75) is 13.0 Å². The molecular formula is C15H13BrClF2N. The zero-order valence-corrected chi connectivity index (χ0v) is 13.3. The number of aryl methyl sites for hydroxylation is 1. The summed E-state index contributed by atoms with van der Waals surface area (Å²) in [5.41, 5.74) is 1.20. The molecule has 1 unspecified atom stereocenters. The minimum Gasteiger partial charge on any atom is -0.309 e. The number of benzene rings is 2. The Morgan fingerprint density at radius 1 is 1.15 bits per heavy atom. The molecule has 2 aromatic rings. The van der Waals surface area contributed by atoms with E-state index in [1.807, 2.05) is 0 Å². The van der Waals surface area contributed by atoms with Gasteiger partial charge in [-0.15, -0.1) is 0 Å². The van der Waals surface area contributed by atoms with E-state index >= 15 is 0 Å². The number of hydrogen-bond acceptors (Lipinski definition) is 1. The molecule has 2 aromatic carbocycles. The zero-order chi connectivity index (χ0) is 14.9. The zero-order valence-electron chi connectivity index (χ0n) is 11.0. The average molecular weight is 361 g/mol. The summed E-state index contributed by atoms with van der Waals surface area (Å²) in [6.07, 6.45) is 0. The van der Waals surface area contributed by atoms with Crippen molar-refractivity contribution in [2.75, 3.05) is 7.05 Å². The molecule has 0 amide bonds. The van der Waals surface area contributed by atoms with Gasteiger partial charge in [-0.2, -0.15) is 0 Å². The molecule has 1 nitrogen and oxygen atoms in total. The van der Waals surface area contributed by atoms with E-state index in [1.54, 1.807) is 25.2 Å². The van der Waals surface area contributed by atoms with Gasteiger partial charge in [-0.3, -0.25) is 0 Å². The van der Waals surface area contributed by atoms with Gasteiger partial charge in [-0.25, -0.2) is 8.78 Å². The van der Waals surface area contributed by atoms with E-state index in [2.05, 4.69) is 21.2 Å². The lowest BCUT2D eigenvalue weighted by atomic mass is 9.97. The molecule has 1 N–H and O–H groups in total. The predicted molar refractivity (Wildman–Crippen MR) is 81.1 cm³/mol. The standard InChI is InChI=1S/C15H13BrClF2N/c1-8-6-13(19)10(7-12(8)18)15(20-2)9-4-3-5-11(16)14(9)17/h3-7,15,20H,1-2H3. The van der Waals surface area contributed by atoms with E-state index in [-0.39, 0.29) is 11.1 Å². The fourth-order valence-electron chi connectivity index (χ4n) is 2.10. The first-order chi connectivity index (χ1) is 9.45. The molecule has 0 aliphatic rings. The van der Waals surface area contributed by atoms with Crippen LogP contribution in [0.2, 0.25) is 5.02 Å². The molecule has 106 valence electrons. The Morgan fingerprint density at radius 3 is 2.50 bits per heavy atom. The van der Waals surface area contributed by atoms with Crippen molar-refractivity contribution in [3.8, 4) is 0 Å². The van der Waals surface area contributed by atoms with E-state index in [4.69, 9.17) is 11.6 Å². The number of hydrogen-bond donors (Lipinski definition) is 1. The molecule has 0 saturated carbocycles. The largest absolute Gasteiger partial charge is 0.309 e. The highest BCUT2D eigenvalue weighted by atomic mass is 79.9. The minimum atomic E-state index is -0.518. The Bertz CT molecular complexity index is 646. The highest BCUT2D eigenvalue weighted by Crippen LogP contribution is 2.34. The smallest absolute Gasteiger partial charge is 0.128 e. The molecule has 0 spiro atoms. The van der Waals surface area contributed by atoms with Gasteiger partial charge in [0.25, 0.3) is 0 Å². The first-order valence-electron chi connectivity index (χ1n) is 6.02. The van der Waals surface area contributed by atoms with Crippen LogP contribution in [-0.4, -0.2) is 7.05 Å². The Labute approximate surface area is 130 Å². The molecule has 20 heavy (non-hydrogen) atoms. The van der Waals surface area contributed by atoms with E-state index in [9.17, 15) is 8.78 Å². The van der Waals surface area contributed by atoms with Crippen molar-refractivity contribution < 1.29 is 8.78 Å². The van der Waals surface area contributed by atoms with Crippen molar-refractivity contribution >= 4 is 27.5 Å². The molecule has 2 rings (SSSR count). The lowest BCUT2D eigenvalue weighted by Crippen LogP contribution is -2.20. The Kier molecular flexibility index (Phi) is 4.78. The van der Waals surface area contributed by atoms with Crippen LogP contribution in [0.3, 0.4) is 0 Å². The van der Waals surface area contributed by atoms with Crippen molar-refractivity contribution in [2.24, 2.45) is 0 Å². The predicted octanol–water partition coefficient (Wildman–Crippen LogP) is 5.00. The molecule has 0 aliphatic heterocycles. The lowest BCUT2D eigenvalue weighted by molar-refractivity contribution is 0.553. The third-order valence-electron chi connectivity index (χ3n) is 3.17. The van der Waals surface area contributed by atoms with Crippen molar-refractivity contribution in [1.82, 2.24) is 5.32 Å². The molecule has 0 heterocycles. The van der Waals surface area contributed by atoms with E-state index in [0.717, 1.165) is 0 Å². The maximum Gasteiger partial charge on any atom is 0.128 e. The van der Waals surface area contributed by atoms with Crippen molar-refractivity contribution in [3.05, 3.63) is 68.2 Å². The van der Waals surface area contributed by atoms with Crippen molar-refractivity contribution in [1.29, 1.82) is 0 Å². The first kappa shape index (κ1) is 15.4. The summed E-state index contributed by atoms with van der Waals surface area (Å²) in [6, 6.07) is 7.27. The van der Waals surface area contributed by atoms with Crippen LogP contribution in [-0.2, 0) is 0 Å². The fourth-order valence-corrected chi connectivity index (χ4v) is 2.72. The summed E-state index contributed by atoms with van der Waals surface area (Å²) >= 11 is 9.57.